The number of nitrogens with zero attached hydrogens (tertiary/aromatic N) is 3. The molecule has 0 radical (unpaired) electrons. The van der Waals surface area contributed by atoms with Crippen molar-refractivity contribution in [1.29, 1.82) is 0 Å². The molecule has 0 spiro atoms. The summed E-state index contributed by atoms with van der Waals surface area (Å²) in [6.45, 7) is 4.95. The van der Waals surface area contributed by atoms with Gasteiger partial charge in [0.05, 0.1) is 17.8 Å². The standard InChI is InChI=1S/C21H32N4O3/c1-12(2)13-6-4-7-14(13)20(27)22-17-10-25(11-18(17)26)21(28)19-15-8-5-9-16(15)23-24(19)3/h12-14,17-18,26H,4-11H2,1-3H3,(H,22,27)/t13-,14+,17+,18+/m0/s1. The predicted molar refractivity (Wildman–Crippen MR) is 105 cm³/mol. The molecule has 2 fully saturated rings. The second kappa shape index (κ2) is 7.50. The number of carbonyl (C=O) groups excluding carboxylic acids is 2. The third-order valence-corrected chi connectivity index (χ3v) is 6.94. The van der Waals surface area contributed by atoms with E-state index in [0.717, 1.165) is 49.8 Å². The van der Waals surface area contributed by atoms with Gasteiger partial charge >= 0.3 is 0 Å². The van der Waals surface area contributed by atoms with Gasteiger partial charge in [-0.15, -0.1) is 0 Å². The van der Waals surface area contributed by atoms with Crippen LogP contribution in [-0.2, 0) is 24.7 Å². The number of hydrogen-bond donors (Lipinski definition) is 2. The maximum absolute atomic E-state index is 13.1. The van der Waals surface area contributed by atoms with E-state index in [1.807, 2.05) is 7.05 Å². The van der Waals surface area contributed by atoms with Crippen molar-refractivity contribution in [2.24, 2.45) is 24.8 Å². The number of amides is 2. The Morgan fingerprint density at radius 1 is 1.18 bits per heavy atom. The van der Waals surface area contributed by atoms with E-state index in [1.165, 1.54) is 0 Å². The van der Waals surface area contributed by atoms with Crippen LogP contribution in [0.5, 0.6) is 0 Å². The first-order chi connectivity index (χ1) is 13.4. The average Bonchev–Trinajstić information content (AvgIpc) is 3.38. The molecule has 0 aromatic carbocycles. The molecule has 7 heteroatoms. The van der Waals surface area contributed by atoms with Gasteiger partial charge in [-0.05, 0) is 43.9 Å². The molecule has 2 heterocycles. The van der Waals surface area contributed by atoms with Gasteiger partial charge in [0.1, 0.15) is 5.69 Å². The van der Waals surface area contributed by atoms with Crippen LogP contribution in [0.4, 0.5) is 0 Å². The molecule has 4 rings (SSSR count). The number of β-amino-alcohol motifs (C(OH)–C–C–N with tert-alkyl or cyclic N) is 1. The molecule has 3 aliphatic rings. The van der Waals surface area contributed by atoms with Crippen molar-refractivity contribution in [3.05, 3.63) is 17.0 Å². The molecule has 7 nitrogen and oxygen atoms in total. The zero-order valence-corrected chi connectivity index (χ0v) is 17.1. The molecule has 2 amide bonds. The SMILES string of the molecule is CC(C)[C@@H]1CCC[C@H]1C(=O)N[C@@H]1CN(C(=O)c2c3c(nn2C)CCC3)C[C@H]1O. The molecule has 1 saturated carbocycles. The summed E-state index contributed by atoms with van der Waals surface area (Å²) in [5.74, 6) is 0.869. The molecular formula is C21H32N4O3. The summed E-state index contributed by atoms with van der Waals surface area (Å²) >= 11 is 0. The molecule has 1 aromatic rings. The van der Waals surface area contributed by atoms with Crippen molar-refractivity contribution in [3.8, 4) is 0 Å². The third kappa shape index (κ3) is 3.34. The van der Waals surface area contributed by atoms with Crippen molar-refractivity contribution >= 4 is 11.8 Å². The van der Waals surface area contributed by atoms with Crippen LogP contribution >= 0.6 is 0 Å². The second-order valence-corrected chi connectivity index (χ2v) is 9.09. The van der Waals surface area contributed by atoms with Crippen molar-refractivity contribution < 1.29 is 14.7 Å². The Labute approximate surface area is 166 Å². The second-order valence-electron chi connectivity index (χ2n) is 9.09. The van der Waals surface area contributed by atoms with E-state index in [1.54, 1.807) is 9.58 Å². The van der Waals surface area contributed by atoms with Gasteiger partial charge in [-0.2, -0.15) is 5.10 Å². The molecule has 2 N–H and O–H groups in total. The molecule has 4 atom stereocenters. The molecule has 0 bridgehead atoms. The van der Waals surface area contributed by atoms with Crippen molar-refractivity contribution in [3.63, 3.8) is 0 Å². The summed E-state index contributed by atoms with van der Waals surface area (Å²) in [5, 5.41) is 18.0. The monoisotopic (exact) mass is 388 g/mol. The largest absolute Gasteiger partial charge is 0.389 e. The van der Waals surface area contributed by atoms with Crippen LogP contribution in [0.2, 0.25) is 0 Å². The molecule has 1 aliphatic heterocycles. The summed E-state index contributed by atoms with van der Waals surface area (Å²) in [5.41, 5.74) is 2.72. The van der Waals surface area contributed by atoms with Crippen LogP contribution < -0.4 is 5.32 Å². The normalized spacial score (nSPS) is 29.5. The lowest BCUT2D eigenvalue weighted by Crippen LogP contribution is -2.46. The number of fused-ring (bicyclic) bond motifs is 1. The zero-order chi connectivity index (χ0) is 20.0. The highest BCUT2D eigenvalue weighted by Gasteiger charge is 2.41. The Hall–Kier alpha value is -1.89. The molecule has 1 saturated heterocycles. The molecule has 1 aromatic heterocycles. The number of hydrogen-bond acceptors (Lipinski definition) is 4. The van der Waals surface area contributed by atoms with Gasteiger partial charge in [0, 0.05) is 31.6 Å². The van der Waals surface area contributed by atoms with Crippen molar-refractivity contribution in [2.75, 3.05) is 13.1 Å². The van der Waals surface area contributed by atoms with Gasteiger partial charge < -0.3 is 15.3 Å². The fourth-order valence-electron chi connectivity index (χ4n) is 5.43. The first-order valence-corrected chi connectivity index (χ1v) is 10.7. The minimum absolute atomic E-state index is 0.0253. The summed E-state index contributed by atoms with van der Waals surface area (Å²) in [4.78, 5) is 27.6. The Morgan fingerprint density at radius 2 is 1.96 bits per heavy atom. The predicted octanol–water partition coefficient (Wildman–Crippen LogP) is 1.28. The van der Waals surface area contributed by atoms with Gasteiger partial charge in [0.15, 0.2) is 0 Å². The highest BCUT2D eigenvalue weighted by molar-refractivity contribution is 5.95. The minimum Gasteiger partial charge on any atom is -0.389 e. The van der Waals surface area contributed by atoms with E-state index in [9.17, 15) is 14.7 Å². The van der Waals surface area contributed by atoms with E-state index in [4.69, 9.17) is 0 Å². The number of aromatic nitrogens is 2. The molecule has 154 valence electrons. The number of aryl methyl sites for hydroxylation is 2. The van der Waals surface area contributed by atoms with Crippen LogP contribution in [0.15, 0.2) is 0 Å². The van der Waals surface area contributed by atoms with Gasteiger partial charge in [0.2, 0.25) is 5.91 Å². The van der Waals surface area contributed by atoms with Crippen LogP contribution in [-0.4, -0.2) is 56.8 Å². The van der Waals surface area contributed by atoms with Crippen LogP contribution in [0, 0.1) is 17.8 Å². The van der Waals surface area contributed by atoms with Crippen LogP contribution in [0.3, 0.4) is 0 Å². The zero-order valence-electron chi connectivity index (χ0n) is 17.1. The first kappa shape index (κ1) is 19.4. The van der Waals surface area contributed by atoms with Crippen LogP contribution in [0.1, 0.15) is 61.3 Å². The highest BCUT2D eigenvalue weighted by Crippen LogP contribution is 2.37. The fourth-order valence-corrected chi connectivity index (χ4v) is 5.43. The average molecular weight is 389 g/mol. The van der Waals surface area contributed by atoms with E-state index in [-0.39, 0.29) is 24.3 Å². The van der Waals surface area contributed by atoms with Crippen molar-refractivity contribution in [1.82, 2.24) is 20.0 Å². The Balaban J connectivity index is 1.42. The Kier molecular flexibility index (Phi) is 5.21. The smallest absolute Gasteiger partial charge is 0.272 e. The van der Waals surface area contributed by atoms with Gasteiger partial charge in [-0.25, -0.2) is 0 Å². The fraction of sp³-hybridized carbons (Fsp3) is 0.762. The summed E-state index contributed by atoms with van der Waals surface area (Å²) < 4.78 is 1.68. The lowest BCUT2D eigenvalue weighted by Gasteiger charge is -2.25. The topological polar surface area (TPSA) is 87.5 Å². The van der Waals surface area contributed by atoms with Crippen LogP contribution in [0.25, 0.3) is 0 Å². The Morgan fingerprint density at radius 3 is 2.71 bits per heavy atom. The van der Waals surface area contributed by atoms with E-state index < -0.39 is 12.1 Å². The van der Waals surface area contributed by atoms with E-state index >= 15 is 0 Å². The highest BCUT2D eigenvalue weighted by atomic mass is 16.3. The lowest BCUT2D eigenvalue weighted by atomic mass is 9.85. The molecular weight excluding hydrogens is 356 g/mol. The van der Waals surface area contributed by atoms with E-state index in [2.05, 4.69) is 24.3 Å². The van der Waals surface area contributed by atoms with Gasteiger partial charge in [0.25, 0.3) is 5.91 Å². The number of carbonyl (C=O) groups is 2. The number of rotatable bonds is 4. The van der Waals surface area contributed by atoms with Crippen molar-refractivity contribution in [2.45, 2.75) is 64.5 Å². The lowest BCUT2D eigenvalue weighted by molar-refractivity contribution is -0.127. The first-order valence-electron chi connectivity index (χ1n) is 10.7. The summed E-state index contributed by atoms with van der Waals surface area (Å²) in [6, 6.07) is -0.397. The maximum atomic E-state index is 13.1. The van der Waals surface area contributed by atoms with E-state index in [0.29, 0.717) is 24.1 Å². The maximum Gasteiger partial charge on any atom is 0.272 e. The third-order valence-electron chi connectivity index (χ3n) is 6.94. The van der Waals surface area contributed by atoms with Gasteiger partial charge in [-0.3, -0.25) is 14.3 Å². The number of likely N-dealkylation sites (tertiary alicyclic amines) is 1. The number of nitrogens with one attached hydrogen (secondary N) is 1. The quantitative estimate of drug-likeness (QED) is 0.813. The molecule has 0 unspecified atom stereocenters. The minimum atomic E-state index is -0.729. The summed E-state index contributed by atoms with van der Waals surface area (Å²) in [7, 11) is 1.81. The Bertz CT molecular complexity index is 772. The number of aliphatic hydroxyl groups excluding tert-OH is 1. The summed E-state index contributed by atoms with van der Waals surface area (Å²) in [6.07, 6.45) is 5.23. The molecule has 2 aliphatic carbocycles. The van der Waals surface area contributed by atoms with Gasteiger partial charge in [-0.1, -0.05) is 20.3 Å². The molecule has 28 heavy (non-hydrogen) atoms. The number of aliphatic hydroxyl groups is 1.